The van der Waals surface area contributed by atoms with Crippen LogP contribution in [0.1, 0.15) is 17.2 Å². The quantitative estimate of drug-likeness (QED) is 0.867. The second-order valence-corrected chi connectivity index (χ2v) is 6.05. The molecule has 0 fully saturated rings. The number of hydrogen-bond acceptors (Lipinski definition) is 2. The molecule has 1 N–H and O–H groups in total. The van der Waals surface area contributed by atoms with Crippen LogP contribution in [0, 0.1) is 0 Å². The molecule has 1 unspecified atom stereocenters. The molecule has 112 valence electrons. The summed E-state index contributed by atoms with van der Waals surface area (Å²) in [5.74, 6) is 0. The van der Waals surface area contributed by atoms with Gasteiger partial charge >= 0.3 is 0 Å². The van der Waals surface area contributed by atoms with E-state index in [1.54, 1.807) is 0 Å². The van der Waals surface area contributed by atoms with Gasteiger partial charge in [-0.1, -0.05) is 41.4 Å². The van der Waals surface area contributed by atoms with E-state index in [4.69, 9.17) is 23.2 Å². The van der Waals surface area contributed by atoms with Crippen LogP contribution in [0.15, 0.2) is 42.5 Å². The van der Waals surface area contributed by atoms with Gasteiger partial charge in [0.05, 0.1) is 0 Å². The van der Waals surface area contributed by atoms with Crippen molar-refractivity contribution in [3.8, 4) is 0 Å². The van der Waals surface area contributed by atoms with Gasteiger partial charge in [-0.3, -0.25) is 0 Å². The van der Waals surface area contributed by atoms with Crippen LogP contribution in [0.2, 0.25) is 10.0 Å². The topological polar surface area (TPSA) is 15.3 Å². The second-order valence-electron chi connectivity index (χ2n) is 5.23. The molecule has 0 amide bonds. The molecule has 0 radical (unpaired) electrons. The lowest BCUT2D eigenvalue weighted by Crippen LogP contribution is -2.19. The first-order valence-electron chi connectivity index (χ1n) is 6.90. The highest BCUT2D eigenvalue weighted by molar-refractivity contribution is 6.36. The van der Waals surface area contributed by atoms with E-state index in [2.05, 4.69) is 34.5 Å². The number of nitrogens with zero attached hydrogens (tertiary/aromatic N) is 1. The molecule has 0 heterocycles. The zero-order valence-electron chi connectivity index (χ0n) is 12.5. The Morgan fingerprint density at radius 3 is 2.05 bits per heavy atom. The van der Waals surface area contributed by atoms with Gasteiger partial charge in [-0.15, -0.1) is 0 Å². The molecule has 0 saturated carbocycles. The molecule has 0 spiro atoms. The first-order valence-corrected chi connectivity index (χ1v) is 7.66. The normalized spacial score (nSPS) is 12.2. The van der Waals surface area contributed by atoms with Crippen molar-refractivity contribution >= 4 is 28.9 Å². The average Bonchev–Trinajstić information content (AvgIpc) is 2.47. The van der Waals surface area contributed by atoms with E-state index in [9.17, 15) is 0 Å². The summed E-state index contributed by atoms with van der Waals surface area (Å²) in [6, 6.07) is 14.3. The summed E-state index contributed by atoms with van der Waals surface area (Å²) >= 11 is 12.5. The third kappa shape index (κ3) is 3.91. The van der Waals surface area contributed by atoms with Crippen molar-refractivity contribution in [1.29, 1.82) is 0 Å². The van der Waals surface area contributed by atoms with Crippen LogP contribution in [0.5, 0.6) is 0 Å². The maximum Gasteiger partial charge on any atom is 0.0453 e. The van der Waals surface area contributed by atoms with E-state index >= 15 is 0 Å². The van der Waals surface area contributed by atoms with Gasteiger partial charge in [-0.25, -0.2) is 0 Å². The minimum absolute atomic E-state index is 0.179. The summed E-state index contributed by atoms with van der Waals surface area (Å²) in [5.41, 5.74) is 3.39. The number of rotatable bonds is 5. The fraction of sp³-hybridized carbons (Fsp3) is 0.294. The molecule has 2 aromatic carbocycles. The minimum Gasteiger partial charge on any atom is -0.378 e. The van der Waals surface area contributed by atoms with Gasteiger partial charge in [-0.2, -0.15) is 0 Å². The van der Waals surface area contributed by atoms with Crippen LogP contribution in [0.3, 0.4) is 0 Å². The largest absolute Gasteiger partial charge is 0.378 e. The van der Waals surface area contributed by atoms with Crippen LogP contribution >= 0.6 is 23.2 Å². The molecule has 4 heteroatoms. The van der Waals surface area contributed by atoms with Crippen molar-refractivity contribution in [1.82, 2.24) is 5.32 Å². The van der Waals surface area contributed by atoms with Crippen molar-refractivity contribution in [3.63, 3.8) is 0 Å². The van der Waals surface area contributed by atoms with Gasteiger partial charge in [0.1, 0.15) is 0 Å². The molecule has 0 saturated heterocycles. The number of benzene rings is 2. The molecule has 0 aliphatic rings. The van der Waals surface area contributed by atoms with Crippen molar-refractivity contribution in [2.24, 2.45) is 0 Å². The molecule has 0 aromatic heterocycles. The highest BCUT2D eigenvalue weighted by Gasteiger charge is 2.14. The number of hydrogen-bond donors (Lipinski definition) is 1. The zero-order valence-corrected chi connectivity index (χ0v) is 14.0. The standard InChI is InChI=1S/C17H20Cl2N2/c1-20-17(11-14-15(18)5-4-6-16(14)19)12-7-9-13(10-8-12)21(2)3/h4-10,17,20H,11H2,1-3H3. The Bertz CT molecular complexity index is 574. The second kappa shape index (κ2) is 7.17. The first-order chi connectivity index (χ1) is 10.0. The van der Waals surface area contributed by atoms with Crippen LogP contribution in [-0.4, -0.2) is 21.1 Å². The van der Waals surface area contributed by atoms with E-state index < -0.39 is 0 Å². The third-order valence-corrected chi connectivity index (χ3v) is 4.34. The summed E-state index contributed by atoms with van der Waals surface area (Å²) < 4.78 is 0. The molecule has 2 nitrogen and oxygen atoms in total. The Kier molecular flexibility index (Phi) is 5.51. The Balaban J connectivity index is 2.24. The third-order valence-electron chi connectivity index (χ3n) is 3.63. The Hall–Kier alpha value is -1.22. The zero-order chi connectivity index (χ0) is 15.4. The maximum absolute atomic E-state index is 6.27. The van der Waals surface area contributed by atoms with Gasteiger partial charge in [0.2, 0.25) is 0 Å². The van der Waals surface area contributed by atoms with Crippen molar-refractivity contribution in [2.45, 2.75) is 12.5 Å². The van der Waals surface area contributed by atoms with Gasteiger partial charge in [0.15, 0.2) is 0 Å². The monoisotopic (exact) mass is 322 g/mol. The Morgan fingerprint density at radius 1 is 1.00 bits per heavy atom. The number of nitrogens with one attached hydrogen (secondary N) is 1. The fourth-order valence-electron chi connectivity index (χ4n) is 2.32. The van der Waals surface area contributed by atoms with Gasteiger partial charge in [0.25, 0.3) is 0 Å². The summed E-state index contributed by atoms with van der Waals surface area (Å²) in [4.78, 5) is 2.09. The van der Waals surface area contributed by atoms with E-state index in [1.165, 1.54) is 11.3 Å². The van der Waals surface area contributed by atoms with Crippen LogP contribution < -0.4 is 10.2 Å². The van der Waals surface area contributed by atoms with Crippen molar-refractivity contribution in [2.75, 3.05) is 26.0 Å². The molecule has 2 aromatic rings. The van der Waals surface area contributed by atoms with Gasteiger partial charge in [0, 0.05) is 35.9 Å². The van der Waals surface area contributed by atoms with Gasteiger partial charge in [-0.05, 0) is 48.9 Å². The lowest BCUT2D eigenvalue weighted by molar-refractivity contribution is 0.592. The minimum atomic E-state index is 0.179. The first kappa shape index (κ1) is 16.2. The molecule has 2 rings (SSSR count). The van der Waals surface area contributed by atoms with E-state index in [-0.39, 0.29) is 6.04 Å². The van der Waals surface area contributed by atoms with E-state index in [0.29, 0.717) is 10.0 Å². The molecule has 1 atom stereocenters. The SMILES string of the molecule is CNC(Cc1c(Cl)cccc1Cl)c1ccc(N(C)C)cc1. The predicted molar refractivity (Wildman–Crippen MR) is 92.7 cm³/mol. The number of likely N-dealkylation sites (N-methyl/N-ethyl adjacent to an activating group) is 1. The van der Waals surface area contributed by atoms with Crippen LogP contribution in [0.4, 0.5) is 5.69 Å². The Morgan fingerprint density at radius 2 is 1.57 bits per heavy atom. The summed E-state index contributed by atoms with van der Waals surface area (Å²) in [5, 5.41) is 4.77. The lowest BCUT2D eigenvalue weighted by atomic mass is 9.98. The van der Waals surface area contributed by atoms with E-state index in [1.807, 2.05) is 39.3 Å². The van der Waals surface area contributed by atoms with Crippen molar-refractivity contribution < 1.29 is 0 Å². The highest BCUT2D eigenvalue weighted by atomic mass is 35.5. The van der Waals surface area contributed by atoms with Crippen molar-refractivity contribution in [3.05, 3.63) is 63.6 Å². The average molecular weight is 323 g/mol. The summed E-state index contributed by atoms with van der Waals surface area (Å²) in [6.07, 6.45) is 0.760. The Labute approximate surface area is 136 Å². The fourth-order valence-corrected chi connectivity index (χ4v) is 2.87. The van der Waals surface area contributed by atoms with E-state index in [0.717, 1.165) is 12.0 Å². The molecular weight excluding hydrogens is 303 g/mol. The molecule has 21 heavy (non-hydrogen) atoms. The molecule has 0 bridgehead atoms. The predicted octanol–water partition coefficient (Wildman–Crippen LogP) is 4.56. The number of halogens is 2. The lowest BCUT2D eigenvalue weighted by Gasteiger charge is -2.20. The molecular formula is C17H20Cl2N2. The van der Waals surface area contributed by atoms with Crippen LogP contribution in [-0.2, 0) is 6.42 Å². The summed E-state index contributed by atoms with van der Waals surface area (Å²) in [7, 11) is 6.03. The molecule has 0 aliphatic heterocycles. The smallest absolute Gasteiger partial charge is 0.0453 e. The number of anilines is 1. The van der Waals surface area contributed by atoms with Crippen LogP contribution in [0.25, 0.3) is 0 Å². The van der Waals surface area contributed by atoms with Gasteiger partial charge < -0.3 is 10.2 Å². The summed E-state index contributed by atoms with van der Waals surface area (Å²) in [6.45, 7) is 0. The maximum atomic E-state index is 6.27. The highest BCUT2D eigenvalue weighted by Crippen LogP contribution is 2.29. The molecule has 0 aliphatic carbocycles.